The van der Waals surface area contributed by atoms with Crippen LogP contribution in [0.25, 0.3) is 11.4 Å². The largest absolute Gasteiger partial charge is 0.339 e. The number of thioether (sulfide) groups is 1. The molecule has 1 N–H and O–H groups in total. The van der Waals surface area contributed by atoms with E-state index in [0.717, 1.165) is 28.5 Å². The Hall–Kier alpha value is -2.60. The van der Waals surface area contributed by atoms with Gasteiger partial charge < -0.3 is 9.88 Å². The van der Waals surface area contributed by atoms with Gasteiger partial charge in [-0.3, -0.25) is 9.78 Å². The van der Waals surface area contributed by atoms with Crippen LogP contribution in [0.5, 0.6) is 0 Å². The summed E-state index contributed by atoms with van der Waals surface area (Å²) in [6.07, 6.45) is 4.16. The number of aromatic nitrogens is 3. The van der Waals surface area contributed by atoms with Gasteiger partial charge in [-0.1, -0.05) is 36.4 Å². The molecule has 0 aliphatic carbocycles. The van der Waals surface area contributed by atoms with Gasteiger partial charge in [-0.2, -0.15) is 0 Å². The predicted molar refractivity (Wildman–Crippen MR) is 98.6 cm³/mol. The van der Waals surface area contributed by atoms with E-state index >= 15 is 0 Å². The van der Waals surface area contributed by atoms with E-state index in [9.17, 15) is 4.79 Å². The van der Waals surface area contributed by atoms with Crippen LogP contribution in [-0.4, -0.2) is 31.5 Å². The Labute approximate surface area is 150 Å². The van der Waals surface area contributed by atoms with Crippen LogP contribution in [0.2, 0.25) is 0 Å². The van der Waals surface area contributed by atoms with Crippen molar-refractivity contribution in [2.24, 2.45) is 0 Å². The average Bonchev–Trinajstić information content (AvgIpc) is 3.15. The molecular formula is C19H18N4OS. The van der Waals surface area contributed by atoms with Crippen molar-refractivity contribution in [1.29, 1.82) is 0 Å². The van der Waals surface area contributed by atoms with Gasteiger partial charge in [0.25, 0.3) is 0 Å². The Morgan fingerprint density at radius 3 is 2.76 bits per heavy atom. The topological polar surface area (TPSA) is 61.9 Å². The molecule has 1 atom stereocenters. The van der Waals surface area contributed by atoms with Crippen LogP contribution in [0.3, 0.4) is 0 Å². The molecule has 4 rings (SSSR count). The first-order valence-corrected chi connectivity index (χ1v) is 9.27. The second-order valence-electron chi connectivity index (χ2n) is 5.87. The van der Waals surface area contributed by atoms with Gasteiger partial charge in [0.1, 0.15) is 11.2 Å². The number of nitrogens with zero attached hydrogens (tertiary/aromatic N) is 3. The molecule has 2 aromatic heterocycles. The first-order chi connectivity index (χ1) is 12.3. The molecule has 1 saturated heterocycles. The molecule has 1 unspecified atom stereocenters. The van der Waals surface area contributed by atoms with Crippen LogP contribution in [0.4, 0.5) is 0 Å². The summed E-state index contributed by atoms with van der Waals surface area (Å²) in [5.74, 6) is 1.80. The van der Waals surface area contributed by atoms with Gasteiger partial charge in [0, 0.05) is 23.9 Å². The Kier molecular flexibility index (Phi) is 4.52. The van der Waals surface area contributed by atoms with Crippen molar-refractivity contribution in [3.63, 3.8) is 0 Å². The lowest BCUT2D eigenvalue weighted by Gasteiger charge is -2.34. The number of carbonyl (C=O) groups excluding carboxylic acids is 1. The van der Waals surface area contributed by atoms with Crippen molar-refractivity contribution in [3.05, 3.63) is 72.3 Å². The molecule has 1 aromatic carbocycles. The second kappa shape index (κ2) is 7.11. The molecule has 5 nitrogen and oxygen atoms in total. The van der Waals surface area contributed by atoms with Crippen LogP contribution >= 0.6 is 11.8 Å². The number of hydrogen-bond donors (Lipinski definition) is 1. The number of hydrogen-bond acceptors (Lipinski definition) is 4. The Morgan fingerprint density at radius 1 is 1.12 bits per heavy atom. The van der Waals surface area contributed by atoms with Crippen LogP contribution in [-0.2, 0) is 11.3 Å². The fourth-order valence-corrected chi connectivity index (χ4v) is 4.11. The second-order valence-corrected chi connectivity index (χ2v) is 7.06. The Bertz CT molecular complexity index is 850. The van der Waals surface area contributed by atoms with Crippen molar-refractivity contribution < 1.29 is 4.79 Å². The number of H-pyrrole nitrogens is 1. The summed E-state index contributed by atoms with van der Waals surface area (Å²) in [7, 11) is 0. The van der Waals surface area contributed by atoms with Gasteiger partial charge in [-0.25, -0.2) is 4.98 Å². The summed E-state index contributed by atoms with van der Waals surface area (Å²) < 4.78 is 0. The maximum absolute atomic E-state index is 12.5. The van der Waals surface area contributed by atoms with E-state index in [2.05, 4.69) is 15.0 Å². The van der Waals surface area contributed by atoms with Gasteiger partial charge in [-0.05, 0) is 12.1 Å². The SMILES string of the molecule is O=C1CCSC(c2cnc(-c3ccccc3)[nH]2)N1Cc1ccccn1. The number of carbonyl (C=O) groups is 1. The number of benzene rings is 1. The summed E-state index contributed by atoms with van der Waals surface area (Å²) in [6, 6.07) is 15.8. The molecule has 0 saturated carbocycles. The minimum Gasteiger partial charge on any atom is -0.339 e. The first kappa shape index (κ1) is 15.9. The van der Waals surface area contributed by atoms with Crippen LogP contribution in [0.15, 0.2) is 60.9 Å². The molecule has 6 heteroatoms. The third-order valence-corrected chi connectivity index (χ3v) is 5.43. The highest BCUT2D eigenvalue weighted by atomic mass is 32.2. The van der Waals surface area contributed by atoms with Crippen LogP contribution < -0.4 is 0 Å². The maximum atomic E-state index is 12.5. The molecule has 0 bridgehead atoms. The number of rotatable bonds is 4. The van der Waals surface area contributed by atoms with Gasteiger partial charge in [0.2, 0.25) is 5.91 Å². The van der Waals surface area contributed by atoms with Crippen molar-refractivity contribution in [2.75, 3.05) is 5.75 Å². The van der Waals surface area contributed by atoms with Crippen LogP contribution in [0.1, 0.15) is 23.2 Å². The highest BCUT2D eigenvalue weighted by molar-refractivity contribution is 7.99. The molecule has 1 aliphatic heterocycles. The highest BCUT2D eigenvalue weighted by Crippen LogP contribution is 2.37. The van der Waals surface area contributed by atoms with Gasteiger partial charge >= 0.3 is 0 Å². The summed E-state index contributed by atoms with van der Waals surface area (Å²) in [4.78, 5) is 26.7. The lowest BCUT2D eigenvalue weighted by molar-refractivity contribution is -0.132. The quantitative estimate of drug-likeness (QED) is 0.780. The summed E-state index contributed by atoms with van der Waals surface area (Å²) >= 11 is 1.76. The minimum atomic E-state index is -0.0618. The molecule has 0 spiro atoms. The summed E-state index contributed by atoms with van der Waals surface area (Å²) in [5.41, 5.74) is 2.89. The van der Waals surface area contributed by atoms with E-state index in [1.165, 1.54) is 0 Å². The van der Waals surface area contributed by atoms with E-state index in [1.54, 1.807) is 18.0 Å². The number of amides is 1. The average molecular weight is 350 g/mol. The Morgan fingerprint density at radius 2 is 1.96 bits per heavy atom. The number of pyridine rings is 1. The summed E-state index contributed by atoms with van der Waals surface area (Å²) in [6.45, 7) is 0.511. The molecule has 1 fully saturated rings. The van der Waals surface area contributed by atoms with E-state index < -0.39 is 0 Å². The molecule has 1 amide bonds. The van der Waals surface area contributed by atoms with Gasteiger partial charge in [-0.15, -0.1) is 11.8 Å². The highest BCUT2D eigenvalue weighted by Gasteiger charge is 2.31. The van der Waals surface area contributed by atoms with E-state index in [4.69, 9.17) is 0 Å². The smallest absolute Gasteiger partial charge is 0.224 e. The monoisotopic (exact) mass is 350 g/mol. The fraction of sp³-hybridized carbons (Fsp3) is 0.211. The number of aromatic amines is 1. The zero-order valence-electron chi connectivity index (χ0n) is 13.6. The molecular weight excluding hydrogens is 332 g/mol. The zero-order chi connectivity index (χ0) is 17.1. The third-order valence-electron chi connectivity index (χ3n) is 4.16. The molecule has 1 aliphatic rings. The molecule has 0 radical (unpaired) electrons. The molecule has 3 heterocycles. The van der Waals surface area contributed by atoms with E-state index in [-0.39, 0.29) is 11.3 Å². The minimum absolute atomic E-state index is 0.0618. The number of nitrogens with one attached hydrogen (secondary N) is 1. The zero-order valence-corrected chi connectivity index (χ0v) is 14.4. The molecule has 25 heavy (non-hydrogen) atoms. The van der Waals surface area contributed by atoms with Gasteiger partial charge in [0.15, 0.2) is 0 Å². The lowest BCUT2D eigenvalue weighted by Crippen LogP contribution is -2.37. The first-order valence-electron chi connectivity index (χ1n) is 8.22. The van der Waals surface area contributed by atoms with Crippen LogP contribution in [0, 0.1) is 0 Å². The van der Waals surface area contributed by atoms with Crippen molar-refractivity contribution >= 4 is 17.7 Å². The van der Waals surface area contributed by atoms with Crippen molar-refractivity contribution in [3.8, 4) is 11.4 Å². The van der Waals surface area contributed by atoms with Crippen molar-refractivity contribution in [1.82, 2.24) is 19.9 Å². The van der Waals surface area contributed by atoms with Gasteiger partial charge in [0.05, 0.1) is 24.1 Å². The lowest BCUT2D eigenvalue weighted by atomic mass is 10.2. The van der Waals surface area contributed by atoms with Crippen molar-refractivity contribution in [2.45, 2.75) is 18.3 Å². The van der Waals surface area contributed by atoms with E-state index in [1.807, 2.05) is 59.6 Å². The molecule has 3 aromatic rings. The third kappa shape index (κ3) is 3.44. The summed E-state index contributed by atoms with van der Waals surface area (Å²) in [5, 5.41) is -0.0618. The Balaban J connectivity index is 1.61. The fourth-order valence-electron chi connectivity index (χ4n) is 2.92. The predicted octanol–water partition coefficient (Wildman–Crippen LogP) is 3.64. The normalized spacial score (nSPS) is 17.7. The maximum Gasteiger partial charge on any atom is 0.224 e. The van der Waals surface area contributed by atoms with E-state index in [0.29, 0.717) is 13.0 Å². The number of imidazole rings is 1. The molecule has 126 valence electrons. The standard InChI is InChI=1S/C19H18N4OS/c24-17-9-11-25-19(23(17)13-15-8-4-5-10-20-15)16-12-21-18(22-16)14-6-2-1-3-7-14/h1-8,10,12,19H,9,11,13H2,(H,21,22).